The molecule has 0 amide bonds. The van der Waals surface area contributed by atoms with Gasteiger partial charge in [0.2, 0.25) is 0 Å². The summed E-state index contributed by atoms with van der Waals surface area (Å²) in [6, 6.07) is 0. The Hall–Kier alpha value is 0.514. The molecule has 2 heteroatoms. The quantitative estimate of drug-likeness (QED) is 0.428. The zero-order chi connectivity index (χ0) is 5.21. The van der Waals surface area contributed by atoms with Crippen molar-refractivity contribution in [3.63, 3.8) is 0 Å². The molecule has 0 saturated heterocycles. The van der Waals surface area contributed by atoms with Gasteiger partial charge in [-0.2, -0.15) is 0 Å². The van der Waals surface area contributed by atoms with Crippen LogP contribution in [0.4, 0.5) is 0 Å². The SMILES string of the molecule is CC(C)(C)[N]=[Ti]. The Balaban J connectivity index is 3.45. The first-order chi connectivity index (χ1) is 2.56. The van der Waals surface area contributed by atoms with Gasteiger partial charge in [0.1, 0.15) is 0 Å². The zero-order valence-electron chi connectivity index (χ0n) is 4.45. The molecular formula is C4H9NTi. The predicted molar refractivity (Wildman–Crippen MR) is 22.2 cm³/mol. The summed E-state index contributed by atoms with van der Waals surface area (Å²) in [5, 5.41) is 0. The first-order valence-electron chi connectivity index (χ1n) is 1.95. The van der Waals surface area contributed by atoms with E-state index in [1.807, 2.05) is 20.3 Å². The van der Waals surface area contributed by atoms with E-state index in [-0.39, 0.29) is 5.54 Å². The van der Waals surface area contributed by atoms with Gasteiger partial charge in [0.25, 0.3) is 0 Å². The minimum absolute atomic E-state index is 0.167. The summed E-state index contributed by atoms with van der Waals surface area (Å²) in [5.41, 5.74) is 0.167. The Morgan fingerprint density at radius 2 is 1.50 bits per heavy atom. The third-order valence-corrected chi connectivity index (χ3v) is 1.38. The van der Waals surface area contributed by atoms with Crippen LogP contribution in [0.5, 0.6) is 0 Å². The van der Waals surface area contributed by atoms with E-state index in [0.29, 0.717) is 0 Å². The molecule has 0 N–H and O–H groups in total. The molecule has 0 radical (unpaired) electrons. The fourth-order valence-corrected chi connectivity index (χ4v) is 0. The molecule has 0 bridgehead atoms. The van der Waals surface area contributed by atoms with Gasteiger partial charge < -0.3 is 0 Å². The number of hydrogen-bond donors (Lipinski definition) is 0. The number of nitrogens with zero attached hydrogens (tertiary/aromatic N) is 1. The van der Waals surface area contributed by atoms with Gasteiger partial charge in [-0.15, -0.1) is 0 Å². The molecule has 0 saturated carbocycles. The molecular weight excluding hydrogens is 110 g/mol. The Kier molecular flexibility index (Phi) is 2.16. The van der Waals surface area contributed by atoms with Crippen molar-refractivity contribution in [2.24, 2.45) is 3.42 Å². The monoisotopic (exact) mass is 119 g/mol. The molecule has 0 aliphatic heterocycles. The standard InChI is InChI=1S/C4H9N.Ti/c1-4(2,3)5;/h1-3H3;. The van der Waals surface area contributed by atoms with Crippen LogP contribution in [0.25, 0.3) is 0 Å². The van der Waals surface area contributed by atoms with Gasteiger partial charge in [-0.1, -0.05) is 0 Å². The second-order valence-electron chi connectivity index (χ2n) is 2.28. The van der Waals surface area contributed by atoms with Gasteiger partial charge in [-0.25, -0.2) is 0 Å². The van der Waals surface area contributed by atoms with Gasteiger partial charge in [-0.05, 0) is 0 Å². The van der Waals surface area contributed by atoms with E-state index in [4.69, 9.17) is 0 Å². The molecule has 0 rings (SSSR count). The molecule has 0 aliphatic carbocycles. The fraction of sp³-hybridized carbons (Fsp3) is 1.00. The van der Waals surface area contributed by atoms with Crippen molar-refractivity contribution in [3.8, 4) is 0 Å². The average Bonchev–Trinajstić information content (AvgIpc) is 1.35. The molecule has 0 fully saturated rings. The van der Waals surface area contributed by atoms with Crippen molar-refractivity contribution in [2.45, 2.75) is 26.3 Å². The van der Waals surface area contributed by atoms with Crippen molar-refractivity contribution >= 4 is 0 Å². The Bertz CT molecular complexity index is 53.1. The summed E-state index contributed by atoms with van der Waals surface area (Å²) in [5.74, 6) is 0. The van der Waals surface area contributed by atoms with Crippen LogP contribution in [0.15, 0.2) is 3.42 Å². The van der Waals surface area contributed by atoms with Crippen LogP contribution in [0.3, 0.4) is 0 Å². The van der Waals surface area contributed by atoms with Crippen molar-refractivity contribution in [2.75, 3.05) is 0 Å². The molecule has 34 valence electrons. The molecule has 0 aliphatic rings. The van der Waals surface area contributed by atoms with Crippen molar-refractivity contribution in [3.05, 3.63) is 0 Å². The van der Waals surface area contributed by atoms with Crippen LogP contribution in [-0.2, 0) is 20.3 Å². The Labute approximate surface area is 50.4 Å². The van der Waals surface area contributed by atoms with Crippen molar-refractivity contribution < 1.29 is 20.3 Å². The van der Waals surface area contributed by atoms with Crippen LogP contribution in [0.1, 0.15) is 20.8 Å². The van der Waals surface area contributed by atoms with E-state index in [9.17, 15) is 0 Å². The zero-order valence-corrected chi connectivity index (χ0v) is 6.01. The van der Waals surface area contributed by atoms with E-state index in [1.54, 1.807) is 0 Å². The molecule has 0 aromatic rings. The first-order valence-corrected chi connectivity index (χ1v) is 2.65. The average molecular weight is 119 g/mol. The summed E-state index contributed by atoms with van der Waals surface area (Å²) < 4.78 is 4.02. The molecule has 0 heterocycles. The van der Waals surface area contributed by atoms with Crippen LogP contribution < -0.4 is 0 Å². The Morgan fingerprint density at radius 3 is 1.50 bits per heavy atom. The van der Waals surface area contributed by atoms with E-state index in [1.165, 1.54) is 0 Å². The summed E-state index contributed by atoms with van der Waals surface area (Å²) in [6.07, 6.45) is 0. The topological polar surface area (TPSA) is 12.4 Å². The van der Waals surface area contributed by atoms with Gasteiger partial charge in [0.15, 0.2) is 0 Å². The van der Waals surface area contributed by atoms with Crippen molar-refractivity contribution in [1.29, 1.82) is 0 Å². The maximum absolute atomic E-state index is 4.02. The molecule has 0 aromatic heterocycles. The minimum atomic E-state index is 0.167. The van der Waals surface area contributed by atoms with E-state index in [0.717, 1.165) is 0 Å². The van der Waals surface area contributed by atoms with E-state index >= 15 is 0 Å². The van der Waals surface area contributed by atoms with Crippen LogP contribution in [-0.4, -0.2) is 5.54 Å². The second-order valence-corrected chi connectivity index (χ2v) is 2.63. The molecule has 0 aromatic carbocycles. The predicted octanol–water partition coefficient (Wildman–Crippen LogP) is 1.52. The molecule has 6 heavy (non-hydrogen) atoms. The number of hydrogen-bond acceptors (Lipinski definition) is 1. The molecule has 1 nitrogen and oxygen atoms in total. The van der Waals surface area contributed by atoms with Crippen LogP contribution in [0, 0.1) is 0 Å². The van der Waals surface area contributed by atoms with Gasteiger partial charge in [0, 0.05) is 0 Å². The van der Waals surface area contributed by atoms with Crippen molar-refractivity contribution in [1.82, 2.24) is 0 Å². The van der Waals surface area contributed by atoms with Gasteiger partial charge >= 0.3 is 50.0 Å². The summed E-state index contributed by atoms with van der Waals surface area (Å²) in [4.78, 5) is 0. The molecule has 0 spiro atoms. The maximum atomic E-state index is 4.02. The van der Waals surface area contributed by atoms with Crippen LogP contribution >= 0.6 is 0 Å². The summed E-state index contributed by atoms with van der Waals surface area (Å²) in [6.45, 7) is 6.23. The third kappa shape index (κ3) is 4.51. The van der Waals surface area contributed by atoms with E-state index < -0.39 is 0 Å². The first kappa shape index (κ1) is 6.51. The molecule has 0 unspecified atom stereocenters. The molecule has 0 atom stereocenters. The van der Waals surface area contributed by atoms with Crippen LogP contribution in [0.2, 0.25) is 0 Å². The number of rotatable bonds is 0. The van der Waals surface area contributed by atoms with Gasteiger partial charge in [-0.3, -0.25) is 0 Å². The Morgan fingerprint density at radius 1 is 1.33 bits per heavy atom. The third-order valence-electron chi connectivity index (χ3n) is 0.335. The van der Waals surface area contributed by atoms with Gasteiger partial charge in [0.05, 0.1) is 0 Å². The normalized spacial score (nSPS) is 11.0. The van der Waals surface area contributed by atoms with E-state index in [2.05, 4.69) is 24.2 Å². The fourth-order valence-electron chi connectivity index (χ4n) is 0. The summed E-state index contributed by atoms with van der Waals surface area (Å²) >= 11 is 1.83. The summed E-state index contributed by atoms with van der Waals surface area (Å²) in [7, 11) is 0. The second kappa shape index (κ2) is 1.99.